The van der Waals surface area contributed by atoms with Crippen LogP contribution in [-0.2, 0) is 11.3 Å². The standard InChI is InChI=1S/C14H14ClN5O4/c1-8-13(20(23)24)9(2)19(18-8)7-12(21)16-17-14(22)10-3-5-11(15)6-4-10/h3-6H,7H2,1-2H3,(H,16,21)(H,17,22). The molecular weight excluding hydrogens is 338 g/mol. The number of hydrogen-bond acceptors (Lipinski definition) is 5. The lowest BCUT2D eigenvalue weighted by Crippen LogP contribution is -2.43. The molecule has 0 aliphatic rings. The minimum absolute atomic E-state index is 0.131. The van der Waals surface area contributed by atoms with E-state index in [4.69, 9.17) is 11.6 Å². The molecule has 2 amide bonds. The topological polar surface area (TPSA) is 119 Å². The monoisotopic (exact) mass is 351 g/mol. The summed E-state index contributed by atoms with van der Waals surface area (Å²) in [5, 5.41) is 15.4. The number of nitrogens with zero attached hydrogens (tertiary/aromatic N) is 3. The van der Waals surface area contributed by atoms with Gasteiger partial charge in [0.1, 0.15) is 17.9 Å². The fraction of sp³-hybridized carbons (Fsp3) is 0.214. The average molecular weight is 352 g/mol. The number of aromatic nitrogens is 2. The molecule has 0 radical (unpaired) electrons. The zero-order valence-corrected chi connectivity index (χ0v) is 13.6. The highest BCUT2D eigenvalue weighted by molar-refractivity contribution is 6.30. The zero-order chi connectivity index (χ0) is 17.9. The molecule has 9 nitrogen and oxygen atoms in total. The fourth-order valence-electron chi connectivity index (χ4n) is 2.08. The van der Waals surface area contributed by atoms with E-state index >= 15 is 0 Å². The lowest BCUT2D eigenvalue weighted by atomic mass is 10.2. The number of rotatable bonds is 4. The molecule has 10 heteroatoms. The van der Waals surface area contributed by atoms with Crippen LogP contribution in [-0.4, -0.2) is 26.5 Å². The van der Waals surface area contributed by atoms with Gasteiger partial charge in [-0.3, -0.25) is 35.2 Å². The summed E-state index contributed by atoms with van der Waals surface area (Å²) in [4.78, 5) is 34.1. The van der Waals surface area contributed by atoms with Crippen molar-refractivity contribution < 1.29 is 14.5 Å². The number of amides is 2. The Morgan fingerprint density at radius 1 is 1.25 bits per heavy atom. The highest BCUT2D eigenvalue weighted by atomic mass is 35.5. The molecule has 0 fully saturated rings. The maximum atomic E-state index is 11.9. The molecule has 0 bridgehead atoms. The van der Waals surface area contributed by atoms with E-state index in [1.807, 2.05) is 0 Å². The van der Waals surface area contributed by atoms with E-state index in [0.29, 0.717) is 10.6 Å². The van der Waals surface area contributed by atoms with Crippen molar-refractivity contribution in [1.29, 1.82) is 0 Å². The van der Waals surface area contributed by atoms with Crippen molar-refractivity contribution in [2.75, 3.05) is 0 Å². The highest BCUT2D eigenvalue weighted by Gasteiger charge is 2.22. The van der Waals surface area contributed by atoms with Crippen molar-refractivity contribution in [2.45, 2.75) is 20.4 Å². The van der Waals surface area contributed by atoms with Gasteiger partial charge in [0.05, 0.1) is 4.92 Å². The molecule has 0 aliphatic heterocycles. The van der Waals surface area contributed by atoms with Crippen LogP contribution >= 0.6 is 11.6 Å². The Hall–Kier alpha value is -2.94. The molecule has 0 saturated heterocycles. The molecule has 24 heavy (non-hydrogen) atoms. The summed E-state index contributed by atoms with van der Waals surface area (Å²) in [6.45, 7) is 2.72. The number of benzene rings is 1. The number of carbonyl (C=O) groups excluding carboxylic acids is 2. The van der Waals surface area contributed by atoms with Gasteiger partial charge in [-0.25, -0.2) is 0 Å². The van der Waals surface area contributed by atoms with Crippen LogP contribution in [0.1, 0.15) is 21.7 Å². The van der Waals surface area contributed by atoms with E-state index in [1.54, 1.807) is 12.1 Å². The van der Waals surface area contributed by atoms with Crippen LogP contribution in [0.15, 0.2) is 24.3 Å². The van der Waals surface area contributed by atoms with Gasteiger partial charge in [-0.05, 0) is 38.1 Å². The zero-order valence-electron chi connectivity index (χ0n) is 12.9. The Kier molecular flexibility index (Phi) is 5.14. The van der Waals surface area contributed by atoms with E-state index in [-0.39, 0.29) is 23.6 Å². The molecule has 1 aromatic carbocycles. The molecule has 0 saturated carbocycles. The minimum atomic E-state index is -0.571. The van der Waals surface area contributed by atoms with Crippen LogP contribution in [0.25, 0.3) is 0 Å². The van der Waals surface area contributed by atoms with Crippen LogP contribution in [0.4, 0.5) is 5.69 Å². The molecule has 126 valence electrons. The van der Waals surface area contributed by atoms with Gasteiger partial charge < -0.3 is 0 Å². The quantitative estimate of drug-likeness (QED) is 0.639. The lowest BCUT2D eigenvalue weighted by Gasteiger charge is -2.08. The third-order valence-corrected chi connectivity index (χ3v) is 3.49. The molecule has 0 atom stereocenters. The van der Waals surface area contributed by atoms with Crippen molar-refractivity contribution in [3.05, 3.63) is 56.4 Å². The van der Waals surface area contributed by atoms with Gasteiger partial charge in [0, 0.05) is 10.6 Å². The van der Waals surface area contributed by atoms with Gasteiger partial charge >= 0.3 is 5.69 Å². The average Bonchev–Trinajstić information content (AvgIpc) is 2.79. The van der Waals surface area contributed by atoms with Gasteiger partial charge in [-0.2, -0.15) is 5.10 Å². The van der Waals surface area contributed by atoms with Crippen molar-refractivity contribution in [1.82, 2.24) is 20.6 Å². The minimum Gasteiger partial charge on any atom is -0.271 e. The summed E-state index contributed by atoms with van der Waals surface area (Å²) >= 11 is 5.73. The summed E-state index contributed by atoms with van der Waals surface area (Å²) < 4.78 is 1.21. The van der Waals surface area contributed by atoms with Gasteiger partial charge in [-0.1, -0.05) is 11.6 Å². The van der Waals surface area contributed by atoms with Crippen LogP contribution < -0.4 is 10.9 Å². The predicted octanol–water partition coefficient (Wildman–Crippen LogP) is 1.52. The molecular formula is C14H14ClN5O4. The van der Waals surface area contributed by atoms with E-state index in [0.717, 1.165) is 0 Å². The molecule has 2 N–H and O–H groups in total. The summed E-state index contributed by atoms with van der Waals surface area (Å²) in [6.07, 6.45) is 0. The third kappa shape index (κ3) is 3.87. The molecule has 0 aliphatic carbocycles. The first kappa shape index (κ1) is 17.4. The molecule has 1 heterocycles. The largest absolute Gasteiger partial charge is 0.312 e. The summed E-state index contributed by atoms with van der Waals surface area (Å²) in [5.74, 6) is -1.09. The van der Waals surface area contributed by atoms with E-state index in [9.17, 15) is 19.7 Å². The highest BCUT2D eigenvalue weighted by Crippen LogP contribution is 2.21. The Balaban J connectivity index is 1.96. The first-order valence-corrected chi connectivity index (χ1v) is 7.20. The van der Waals surface area contributed by atoms with Gasteiger partial charge in [0.2, 0.25) is 0 Å². The maximum absolute atomic E-state index is 11.9. The first-order chi connectivity index (χ1) is 11.3. The van der Waals surface area contributed by atoms with Gasteiger partial charge in [-0.15, -0.1) is 0 Å². The van der Waals surface area contributed by atoms with Crippen molar-refractivity contribution in [3.8, 4) is 0 Å². The number of hydrazine groups is 1. The lowest BCUT2D eigenvalue weighted by molar-refractivity contribution is -0.386. The number of hydrogen-bond donors (Lipinski definition) is 2. The third-order valence-electron chi connectivity index (χ3n) is 3.24. The smallest absolute Gasteiger partial charge is 0.271 e. The number of halogens is 1. The number of nitrogens with one attached hydrogen (secondary N) is 2. The van der Waals surface area contributed by atoms with Crippen LogP contribution in [0, 0.1) is 24.0 Å². The second-order valence-corrected chi connectivity index (χ2v) is 5.38. The summed E-state index contributed by atoms with van der Waals surface area (Å²) in [6, 6.07) is 6.11. The SMILES string of the molecule is Cc1nn(CC(=O)NNC(=O)c2ccc(Cl)cc2)c(C)c1[N+](=O)[O-]. The fourth-order valence-corrected chi connectivity index (χ4v) is 2.21. The summed E-state index contributed by atoms with van der Waals surface area (Å²) in [5.41, 5.74) is 5.14. The first-order valence-electron chi connectivity index (χ1n) is 6.82. The van der Waals surface area contributed by atoms with Crippen molar-refractivity contribution in [3.63, 3.8) is 0 Å². The van der Waals surface area contributed by atoms with Crippen LogP contribution in [0.3, 0.4) is 0 Å². The van der Waals surface area contributed by atoms with E-state index < -0.39 is 16.7 Å². The molecule has 0 unspecified atom stereocenters. The van der Waals surface area contributed by atoms with Gasteiger partial charge in [0.25, 0.3) is 11.8 Å². The predicted molar refractivity (Wildman–Crippen MR) is 85.4 cm³/mol. The number of aryl methyl sites for hydroxylation is 1. The Labute approximate surface area is 141 Å². The van der Waals surface area contributed by atoms with Crippen LogP contribution in [0.5, 0.6) is 0 Å². The number of nitro groups is 1. The Morgan fingerprint density at radius 3 is 2.42 bits per heavy atom. The maximum Gasteiger partial charge on any atom is 0.312 e. The second kappa shape index (κ2) is 7.09. The van der Waals surface area contributed by atoms with Crippen molar-refractivity contribution in [2.24, 2.45) is 0 Å². The second-order valence-electron chi connectivity index (χ2n) is 4.94. The number of carbonyl (C=O) groups is 2. The Bertz CT molecular complexity index is 800. The van der Waals surface area contributed by atoms with E-state index in [1.165, 1.54) is 30.7 Å². The van der Waals surface area contributed by atoms with E-state index in [2.05, 4.69) is 16.0 Å². The molecule has 0 spiro atoms. The summed E-state index contributed by atoms with van der Waals surface area (Å²) in [7, 11) is 0. The Morgan fingerprint density at radius 2 is 1.88 bits per heavy atom. The molecule has 2 rings (SSSR count). The van der Waals surface area contributed by atoms with Crippen molar-refractivity contribution >= 4 is 29.1 Å². The normalized spacial score (nSPS) is 10.3. The van der Waals surface area contributed by atoms with Gasteiger partial charge in [0.15, 0.2) is 0 Å². The van der Waals surface area contributed by atoms with Crippen LogP contribution in [0.2, 0.25) is 5.02 Å². The molecule has 1 aromatic heterocycles. The molecule has 2 aromatic rings.